The number of rotatable bonds is 4. The van der Waals surface area contributed by atoms with Crippen molar-refractivity contribution in [1.82, 2.24) is 14.9 Å². The molecule has 0 radical (unpaired) electrons. The van der Waals surface area contributed by atoms with Crippen LogP contribution in [0.2, 0.25) is 0 Å². The van der Waals surface area contributed by atoms with E-state index >= 15 is 0 Å². The van der Waals surface area contributed by atoms with Gasteiger partial charge in [0, 0.05) is 25.5 Å². The second-order valence-electron chi connectivity index (χ2n) is 3.92. The molecule has 0 amide bonds. The maximum absolute atomic E-state index is 4.17. The highest BCUT2D eigenvalue weighted by molar-refractivity contribution is 5.29. The number of likely N-dealkylation sites (tertiary alicyclic amines) is 1. The Kier molecular flexibility index (Phi) is 3.91. The van der Waals surface area contributed by atoms with E-state index in [1.165, 1.54) is 32.4 Å². The minimum absolute atomic E-state index is 0.870. The van der Waals surface area contributed by atoms with Gasteiger partial charge in [-0.25, -0.2) is 4.98 Å². The highest BCUT2D eigenvalue weighted by atomic mass is 15.1. The zero-order valence-corrected chi connectivity index (χ0v) is 9.02. The van der Waals surface area contributed by atoms with Crippen molar-refractivity contribution < 1.29 is 0 Å². The van der Waals surface area contributed by atoms with Gasteiger partial charge in [0.1, 0.15) is 5.82 Å². The van der Waals surface area contributed by atoms with E-state index in [2.05, 4.69) is 20.2 Å². The lowest BCUT2D eigenvalue weighted by Crippen LogP contribution is -2.33. The summed E-state index contributed by atoms with van der Waals surface area (Å²) in [7, 11) is 0. The van der Waals surface area contributed by atoms with Crippen molar-refractivity contribution in [3.63, 3.8) is 0 Å². The molecule has 2 rings (SSSR count). The molecular weight excluding hydrogens is 188 g/mol. The van der Waals surface area contributed by atoms with Gasteiger partial charge in [-0.05, 0) is 25.9 Å². The zero-order valence-electron chi connectivity index (χ0n) is 9.02. The van der Waals surface area contributed by atoms with Crippen LogP contribution in [0.3, 0.4) is 0 Å². The molecule has 1 aliphatic rings. The van der Waals surface area contributed by atoms with Gasteiger partial charge in [0.25, 0.3) is 0 Å². The molecular formula is C11H18N4. The molecule has 1 saturated heterocycles. The first-order chi connectivity index (χ1) is 7.45. The van der Waals surface area contributed by atoms with Crippen molar-refractivity contribution in [2.75, 3.05) is 31.5 Å². The molecule has 0 bridgehead atoms. The van der Waals surface area contributed by atoms with Gasteiger partial charge < -0.3 is 10.2 Å². The van der Waals surface area contributed by atoms with Gasteiger partial charge in [0.2, 0.25) is 0 Å². The van der Waals surface area contributed by atoms with Crippen LogP contribution in [0.5, 0.6) is 0 Å². The van der Waals surface area contributed by atoms with Crippen molar-refractivity contribution in [3.05, 3.63) is 18.6 Å². The van der Waals surface area contributed by atoms with Crippen LogP contribution in [-0.4, -0.2) is 41.0 Å². The Bertz CT molecular complexity index is 269. The summed E-state index contributed by atoms with van der Waals surface area (Å²) in [5.74, 6) is 0.870. The molecule has 0 atom stereocenters. The Balaban J connectivity index is 1.66. The first-order valence-electron chi connectivity index (χ1n) is 5.67. The fraction of sp³-hybridized carbons (Fsp3) is 0.636. The van der Waals surface area contributed by atoms with Gasteiger partial charge in [-0.2, -0.15) is 0 Å². The van der Waals surface area contributed by atoms with Crippen LogP contribution in [0.1, 0.15) is 19.3 Å². The van der Waals surface area contributed by atoms with Crippen LogP contribution in [0, 0.1) is 0 Å². The monoisotopic (exact) mass is 206 g/mol. The number of nitrogens with one attached hydrogen (secondary N) is 1. The summed E-state index contributed by atoms with van der Waals surface area (Å²) in [6.45, 7) is 4.57. The van der Waals surface area contributed by atoms with Crippen molar-refractivity contribution in [2.24, 2.45) is 0 Å². The van der Waals surface area contributed by atoms with Crippen LogP contribution in [-0.2, 0) is 0 Å². The Morgan fingerprint density at radius 3 is 2.80 bits per heavy atom. The van der Waals surface area contributed by atoms with Gasteiger partial charge in [0.15, 0.2) is 0 Å². The fourth-order valence-corrected chi connectivity index (χ4v) is 1.92. The third kappa shape index (κ3) is 3.47. The molecule has 1 aliphatic heterocycles. The highest BCUT2D eigenvalue weighted by Crippen LogP contribution is 2.07. The van der Waals surface area contributed by atoms with E-state index in [0.717, 1.165) is 18.9 Å². The van der Waals surface area contributed by atoms with E-state index in [0.29, 0.717) is 0 Å². The lowest BCUT2D eigenvalue weighted by atomic mass is 10.1. The van der Waals surface area contributed by atoms with Crippen molar-refractivity contribution >= 4 is 5.82 Å². The number of hydrogen-bond donors (Lipinski definition) is 1. The average molecular weight is 206 g/mol. The molecule has 4 heteroatoms. The topological polar surface area (TPSA) is 41.1 Å². The predicted molar refractivity (Wildman–Crippen MR) is 60.8 cm³/mol. The largest absolute Gasteiger partial charge is 0.368 e. The summed E-state index contributed by atoms with van der Waals surface area (Å²) in [6.07, 6.45) is 9.26. The number of aromatic nitrogens is 2. The van der Waals surface area contributed by atoms with Gasteiger partial charge in [-0.3, -0.25) is 4.98 Å². The summed E-state index contributed by atoms with van der Waals surface area (Å²) in [6, 6.07) is 0. The second kappa shape index (κ2) is 5.66. The Morgan fingerprint density at radius 1 is 1.20 bits per heavy atom. The first-order valence-corrected chi connectivity index (χ1v) is 5.67. The molecule has 1 aromatic heterocycles. The molecule has 0 spiro atoms. The highest BCUT2D eigenvalue weighted by Gasteiger charge is 2.08. The van der Waals surface area contributed by atoms with Gasteiger partial charge >= 0.3 is 0 Å². The summed E-state index contributed by atoms with van der Waals surface area (Å²) in [5.41, 5.74) is 0. The summed E-state index contributed by atoms with van der Waals surface area (Å²) in [5, 5.41) is 3.28. The Labute approximate surface area is 90.7 Å². The predicted octanol–water partition coefficient (Wildman–Crippen LogP) is 1.37. The van der Waals surface area contributed by atoms with E-state index in [-0.39, 0.29) is 0 Å². The van der Waals surface area contributed by atoms with E-state index < -0.39 is 0 Å². The SMILES string of the molecule is c1cnc(NCCN2CCCCC2)cn1. The van der Waals surface area contributed by atoms with E-state index in [4.69, 9.17) is 0 Å². The molecule has 82 valence electrons. The summed E-state index contributed by atoms with van der Waals surface area (Å²) < 4.78 is 0. The normalized spacial score (nSPS) is 17.6. The molecule has 1 aromatic rings. The minimum Gasteiger partial charge on any atom is -0.368 e. The number of nitrogens with zero attached hydrogens (tertiary/aromatic N) is 3. The number of piperidine rings is 1. The molecule has 2 heterocycles. The minimum atomic E-state index is 0.870. The third-order valence-electron chi connectivity index (χ3n) is 2.75. The van der Waals surface area contributed by atoms with E-state index in [1.54, 1.807) is 18.6 Å². The quantitative estimate of drug-likeness (QED) is 0.808. The fourth-order valence-electron chi connectivity index (χ4n) is 1.92. The standard InChI is InChI=1S/C11H18N4/c1-2-7-15(8-3-1)9-6-14-11-10-12-4-5-13-11/h4-5,10H,1-3,6-9H2,(H,13,14). The maximum atomic E-state index is 4.17. The smallest absolute Gasteiger partial charge is 0.144 e. The van der Waals surface area contributed by atoms with Crippen LogP contribution in [0.4, 0.5) is 5.82 Å². The number of anilines is 1. The Hall–Kier alpha value is -1.16. The molecule has 0 aromatic carbocycles. The number of hydrogen-bond acceptors (Lipinski definition) is 4. The van der Waals surface area contributed by atoms with E-state index in [1.807, 2.05) is 0 Å². The first kappa shape index (κ1) is 10.4. The average Bonchev–Trinajstić information content (AvgIpc) is 2.32. The van der Waals surface area contributed by atoms with Gasteiger partial charge in [-0.1, -0.05) is 6.42 Å². The van der Waals surface area contributed by atoms with Crippen molar-refractivity contribution in [2.45, 2.75) is 19.3 Å². The van der Waals surface area contributed by atoms with Crippen LogP contribution < -0.4 is 5.32 Å². The summed E-state index contributed by atoms with van der Waals surface area (Å²) in [4.78, 5) is 10.7. The molecule has 4 nitrogen and oxygen atoms in total. The zero-order chi connectivity index (χ0) is 10.3. The van der Waals surface area contributed by atoms with Crippen LogP contribution in [0.25, 0.3) is 0 Å². The van der Waals surface area contributed by atoms with Gasteiger partial charge in [0.05, 0.1) is 6.20 Å². The molecule has 0 aliphatic carbocycles. The molecule has 0 unspecified atom stereocenters. The lowest BCUT2D eigenvalue weighted by Gasteiger charge is -2.26. The summed E-state index contributed by atoms with van der Waals surface area (Å²) >= 11 is 0. The molecule has 15 heavy (non-hydrogen) atoms. The van der Waals surface area contributed by atoms with Crippen molar-refractivity contribution in [3.8, 4) is 0 Å². The van der Waals surface area contributed by atoms with Crippen molar-refractivity contribution in [1.29, 1.82) is 0 Å². The molecule has 0 saturated carbocycles. The lowest BCUT2D eigenvalue weighted by molar-refractivity contribution is 0.237. The maximum Gasteiger partial charge on any atom is 0.144 e. The van der Waals surface area contributed by atoms with Crippen LogP contribution in [0.15, 0.2) is 18.6 Å². The Morgan fingerprint density at radius 2 is 2.07 bits per heavy atom. The van der Waals surface area contributed by atoms with Gasteiger partial charge in [-0.15, -0.1) is 0 Å². The molecule has 1 N–H and O–H groups in total. The van der Waals surface area contributed by atoms with E-state index in [9.17, 15) is 0 Å². The third-order valence-corrected chi connectivity index (χ3v) is 2.75. The second-order valence-corrected chi connectivity index (χ2v) is 3.92. The van der Waals surface area contributed by atoms with Crippen LogP contribution >= 0.6 is 0 Å². The molecule has 1 fully saturated rings.